The summed E-state index contributed by atoms with van der Waals surface area (Å²) in [5.41, 5.74) is 2.90. The molecule has 0 fully saturated rings. The molecule has 0 aliphatic heterocycles. The summed E-state index contributed by atoms with van der Waals surface area (Å²) in [6, 6.07) is 7.98. The van der Waals surface area contributed by atoms with E-state index in [1.54, 1.807) is 22.8 Å². The van der Waals surface area contributed by atoms with Crippen LogP contribution in [-0.4, -0.2) is 25.7 Å². The second-order valence-electron chi connectivity index (χ2n) is 5.21. The summed E-state index contributed by atoms with van der Waals surface area (Å²) in [6.45, 7) is 4.16. The van der Waals surface area contributed by atoms with Crippen molar-refractivity contribution in [3.63, 3.8) is 0 Å². The zero-order valence-electron chi connectivity index (χ0n) is 13.3. The van der Waals surface area contributed by atoms with Gasteiger partial charge in [-0.3, -0.25) is 9.69 Å². The molecule has 0 aliphatic rings. The Labute approximate surface area is 152 Å². The van der Waals surface area contributed by atoms with Crippen LogP contribution in [0.5, 0.6) is 0 Å². The van der Waals surface area contributed by atoms with E-state index < -0.39 is 0 Å². The fourth-order valence-electron chi connectivity index (χ4n) is 2.29. The fraction of sp³-hybridized carbons (Fsp3) is 0.250. The van der Waals surface area contributed by atoms with E-state index in [4.69, 9.17) is 0 Å². The summed E-state index contributed by atoms with van der Waals surface area (Å²) in [5, 5.41) is 6.76. The Morgan fingerprint density at radius 1 is 1.33 bits per heavy atom. The molecule has 124 valence electrons. The molecule has 1 amide bonds. The third kappa shape index (κ3) is 3.70. The molecule has 2 aromatic heterocycles. The van der Waals surface area contributed by atoms with Crippen LogP contribution in [0, 0.1) is 0 Å². The molecule has 3 aromatic rings. The fourth-order valence-corrected chi connectivity index (χ4v) is 3.47. The summed E-state index contributed by atoms with van der Waals surface area (Å²) in [5.74, 6) is -0.0661. The van der Waals surface area contributed by atoms with Gasteiger partial charge in [-0.2, -0.15) is 0 Å². The number of carbonyl (C=O) groups is 1. The van der Waals surface area contributed by atoms with E-state index in [2.05, 4.69) is 37.9 Å². The summed E-state index contributed by atoms with van der Waals surface area (Å²) in [4.78, 5) is 22.4. The highest BCUT2D eigenvalue weighted by molar-refractivity contribution is 9.10. The van der Waals surface area contributed by atoms with Crippen molar-refractivity contribution in [2.75, 3.05) is 4.90 Å². The molecule has 0 atom stereocenters. The average Bonchev–Trinajstić information content (AvgIpc) is 3.18. The molecule has 2 heterocycles. The van der Waals surface area contributed by atoms with Gasteiger partial charge in [0.25, 0.3) is 0 Å². The Morgan fingerprint density at radius 3 is 2.67 bits per heavy atom. The van der Waals surface area contributed by atoms with E-state index in [1.807, 2.05) is 29.6 Å². The number of nitrogens with zero attached hydrogens (tertiary/aromatic N) is 5. The number of hydrogen-bond acceptors (Lipinski definition) is 5. The minimum absolute atomic E-state index is 0.0661. The van der Waals surface area contributed by atoms with Gasteiger partial charge in [0, 0.05) is 12.3 Å². The number of anilines is 2. The molecule has 3 rings (SSSR count). The number of benzene rings is 1. The lowest BCUT2D eigenvalue weighted by Gasteiger charge is -2.18. The maximum absolute atomic E-state index is 12.1. The van der Waals surface area contributed by atoms with Gasteiger partial charge in [0.05, 0.1) is 17.9 Å². The second kappa shape index (κ2) is 7.23. The molecule has 0 saturated carbocycles. The van der Waals surface area contributed by atoms with E-state index in [1.165, 1.54) is 16.9 Å². The third-order valence-corrected chi connectivity index (χ3v) is 4.72. The average molecular weight is 406 g/mol. The van der Waals surface area contributed by atoms with Crippen LogP contribution in [0.2, 0.25) is 0 Å². The van der Waals surface area contributed by atoms with Gasteiger partial charge < -0.3 is 0 Å². The number of amides is 1. The summed E-state index contributed by atoms with van der Waals surface area (Å²) in [7, 11) is 0. The number of halogens is 1. The van der Waals surface area contributed by atoms with Crippen molar-refractivity contribution >= 4 is 44.0 Å². The molecule has 8 heteroatoms. The SMILES string of the molecule is CCc1ccc(N(C(C)=O)c2nc(Cn3cnc(Br)n3)cs2)cc1. The Morgan fingerprint density at radius 2 is 2.08 bits per heavy atom. The van der Waals surface area contributed by atoms with E-state index >= 15 is 0 Å². The van der Waals surface area contributed by atoms with E-state index in [9.17, 15) is 4.79 Å². The molecule has 0 saturated heterocycles. The Bertz CT molecular complexity index is 842. The van der Waals surface area contributed by atoms with Crippen LogP contribution in [0.4, 0.5) is 10.8 Å². The van der Waals surface area contributed by atoms with Crippen molar-refractivity contribution < 1.29 is 4.79 Å². The molecule has 0 bridgehead atoms. The lowest BCUT2D eigenvalue weighted by atomic mass is 10.1. The van der Waals surface area contributed by atoms with Gasteiger partial charge in [-0.25, -0.2) is 14.6 Å². The zero-order chi connectivity index (χ0) is 17.1. The first-order valence-electron chi connectivity index (χ1n) is 7.46. The molecule has 6 nitrogen and oxygen atoms in total. The molecule has 0 unspecified atom stereocenters. The molecule has 0 N–H and O–H groups in total. The molecule has 1 aromatic carbocycles. The zero-order valence-corrected chi connectivity index (χ0v) is 15.7. The van der Waals surface area contributed by atoms with Crippen LogP contribution < -0.4 is 4.90 Å². The number of hydrogen-bond donors (Lipinski definition) is 0. The molecule has 0 radical (unpaired) electrons. The third-order valence-electron chi connectivity index (χ3n) is 3.48. The highest BCUT2D eigenvalue weighted by atomic mass is 79.9. The monoisotopic (exact) mass is 405 g/mol. The molecule has 0 aliphatic carbocycles. The molecule has 24 heavy (non-hydrogen) atoms. The van der Waals surface area contributed by atoms with Crippen LogP contribution >= 0.6 is 27.3 Å². The van der Waals surface area contributed by atoms with Crippen LogP contribution in [0.25, 0.3) is 0 Å². The van der Waals surface area contributed by atoms with Gasteiger partial charge in [0.2, 0.25) is 10.6 Å². The standard InChI is InChI=1S/C16H16BrN5OS/c1-3-12-4-6-14(7-5-12)22(11(2)23)16-19-13(9-24-16)8-21-10-18-15(17)20-21/h4-7,9-10H,3,8H2,1-2H3. The van der Waals surface area contributed by atoms with Gasteiger partial charge in [-0.05, 0) is 40.0 Å². The highest BCUT2D eigenvalue weighted by Crippen LogP contribution is 2.29. The van der Waals surface area contributed by atoms with Crippen molar-refractivity contribution in [1.82, 2.24) is 19.7 Å². The number of rotatable bonds is 5. The van der Waals surface area contributed by atoms with Crippen molar-refractivity contribution in [3.05, 3.63) is 52.0 Å². The Kier molecular flexibility index (Phi) is 5.06. The van der Waals surface area contributed by atoms with Crippen molar-refractivity contribution in [2.45, 2.75) is 26.8 Å². The van der Waals surface area contributed by atoms with Crippen LogP contribution in [0.15, 0.2) is 40.7 Å². The predicted octanol–water partition coefficient (Wildman–Crippen LogP) is 3.79. The molecule has 0 spiro atoms. The van der Waals surface area contributed by atoms with Crippen LogP contribution in [0.1, 0.15) is 25.1 Å². The first-order chi connectivity index (χ1) is 11.6. The van der Waals surface area contributed by atoms with Gasteiger partial charge >= 0.3 is 0 Å². The summed E-state index contributed by atoms with van der Waals surface area (Å²) in [6.07, 6.45) is 2.60. The predicted molar refractivity (Wildman–Crippen MR) is 97.6 cm³/mol. The second-order valence-corrected chi connectivity index (χ2v) is 6.75. The first kappa shape index (κ1) is 16.8. The van der Waals surface area contributed by atoms with Gasteiger partial charge in [0.15, 0.2) is 5.13 Å². The number of aromatic nitrogens is 4. The van der Waals surface area contributed by atoms with Crippen molar-refractivity contribution in [2.24, 2.45) is 0 Å². The van der Waals surface area contributed by atoms with E-state index in [0.717, 1.165) is 17.8 Å². The van der Waals surface area contributed by atoms with Crippen LogP contribution in [0.3, 0.4) is 0 Å². The summed E-state index contributed by atoms with van der Waals surface area (Å²) < 4.78 is 2.23. The van der Waals surface area contributed by atoms with Crippen molar-refractivity contribution in [3.8, 4) is 0 Å². The highest BCUT2D eigenvalue weighted by Gasteiger charge is 2.18. The van der Waals surface area contributed by atoms with Gasteiger partial charge in [-0.15, -0.1) is 16.4 Å². The first-order valence-corrected chi connectivity index (χ1v) is 9.13. The lowest BCUT2D eigenvalue weighted by Crippen LogP contribution is -2.22. The maximum Gasteiger partial charge on any atom is 0.230 e. The van der Waals surface area contributed by atoms with Gasteiger partial charge in [0.1, 0.15) is 6.33 Å². The minimum Gasteiger partial charge on any atom is -0.274 e. The number of aryl methyl sites for hydroxylation is 1. The topological polar surface area (TPSA) is 63.9 Å². The Hall–Kier alpha value is -2.06. The summed E-state index contributed by atoms with van der Waals surface area (Å²) >= 11 is 4.66. The minimum atomic E-state index is -0.0661. The maximum atomic E-state index is 12.1. The largest absolute Gasteiger partial charge is 0.274 e. The number of carbonyl (C=O) groups excluding carboxylic acids is 1. The lowest BCUT2D eigenvalue weighted by molar-refractivity contribution is -0.115. The normalized spacial score (nSPS) is 10.8. The van der Waals surface area contributed by atoms with E-state index in [-0.39, 0.29) is 5.91 Å². The quantitative estimate of drug-likeness (QED) is 0.647. The van der Waals surface area contributed by atoms with E-state index in [0.29, 0.717) is 16.4 Å². The molecular weight excluding hydrogens is 390 g/mol. The smallest absolute Gasteiger partial charge is 0.230 e. The van der Waals surface area contributed by atoms with Crippen LogP contribution in [-0.2, 0) is 17.8 Å². The Balaban J connectivity index is 1.85. The number of thiazole rings is 1. The molecular formula is C16H16BrN5OS. The van der Waals surface area contributed by atoms with Crippen molar-refractivity contribution in [1.29, 1.82) is 0 Å². The van der Waals surface area contributed by atoms with Gasteiger partial charge in [-0.1, -0.05) is 19.1 Å².